The molecule has 7 nitrogen and oxygen atoms in total. The van der Waals surface area contributed by atoms with Crippen LogP contribution in [0.2, 0.25) is 0 Å². The van der Waals surface area contributed by atoms with E-state index in [9.17, 15) is 4.79 Å². The fourth-order valence-electron chi connectivity index (χ4n) is 1.58. The number of rotatable bonds is 2. The molecule has 19 heavy (non-hydrogen) atoms. The van der Waals surface area contributed by atoms with Gasteiger partial charge in [0.1, 0.15) is 0 Å². The molecule has 0 aromatic carbocycles. The molecule has 1 aliphatic rings. The number of hydrogen-bond acceptors (Lipinski definition) is 6. The van der Waals surface area contributed by atoms with Crippen molar-refractivity contribution >= 4 is 5.97 Å². The van der Waals surface area contributed by atoms with E-state index < -0.39 is 12.1 Å². The first-order chi connectivity index (χ1) is 9.29. The van der Waals surface area contributed by atoms with Crippen molar-refractivity contribution in [2.24, 2.45) is 0 Å². The van der Waals surface area contributed by atoms with Crippen LogP contribution in [-0.4, -0.2) is 76.5 Å². The first-order valence-corrected chi connectivity index (χ1v) is 6.56. The van der Waals surface area contributed by atoms with Crippen LogP contribution in [0.25, 0.3) is 0 Å². The summed E-state index contributed by atoms with van der Waals surface area (Å²) in [7, 11) is 0. The molecule has 0 saturated carbocycles. The van der Waals surface area contributed by atoms with Crippen LogP contribution < -0.4 is 5.32 Å². The van der Waals surface area contributed by atoms with Crippen molar-refractivity contribution in [2.45, 2.75) is 12.5 Å². The van der Waals surface area contributed by atoms with Gasteiger partial charge in [-0.05, 0) is 0 Å². The van der Waals surface area contributed by atoms with Gasteiger partial charge in [-0.1, -0.05) is 0 Å². The Hall–Kier alpha value is -0.730. The minimum Gasteiger partial charge on any atom is -0.481 e. The highest BCUT2D eigenvalue weighted by Crippen LogP contribution is 2.00. The molecule has 1 aliphatic heterocycles. The SMILES string of the molecule is O=C(O)CC1COCCOCCOCCNCCO1. The minimum atomic E-state index is -0.885. The van der Waals surface area contributed by atoms with Gasteiger partial charge in [0.15, 0.2) is 0 Å². The summed E-state index contributed by atoms with van der Waals surface area (Å²) in [5.41, 5.74) is 0. The van der Waals surface area contributed by atoms with Gasteiger partial charge < -0.3 is 29.4 Å². The fourth-order valence-corrected chi connectivity index (χ4v) is 1.58. The second-order valence-corrected chi connectivity index (χ2v) is 4.14. The van der Waals surface area contributed by atoms with E-state index in [4.69, 9.17) is 24.1 Å². The van der Waals surface area contributed by atoms with E-state index in [1.54, 1.807) is 0 Å². The normalized spacial score (nSPS) is 25.2. The predicted octanol–water partition coefficient (Wildman–Crippen LogP) is -0.501. The minimum absolute atomic E-state index is 0.0516. The second-order valence-electron chi connectivity index (χ2n) is 4.14. The van der Waals surface area contributed by atoms with Crippen molar-refractivity contribution in [3.05, 3.63) is 0 Å². The first kappa shape index (κ1) is 16.3. The third-order valence-corrected chi connectivity index (χ3v) is 2.51. The Labute approximate surface area is 113 Å². The van der Waals surface area contributed by atoms with Gasteiger partial charge in [-0.15, -0.1) is 0 Å². The summed E-state index contributed by atoms with van der Waals surface area (Å²) in [6.07, 6.45) is -0.468. The van der Waals surface area contributed by atoms with Gasteiger partial charge in [0.2, 0.25) is 0 Å². The molecule has 0 bridgehead atoms. The Kier molecular flexibility index (Phi) is 9.56. The van der Waals surface area contributed by atoms with Crippen LogP contribution in [0.4, 0.5) is 0 Å². The lowest BCUT2D eigenvalue weighted by molar-refractivity contribution is -0.141. The third kappa shape index (κ3) is 9.80. The number of hydrogen-bond donors (Lipinski definition) is 2. The molecule has 0 amide bonds. The average molecular weight is 277 g/mol. The Bertz CT molecular complexity index is 222. The highest BCUT2D eigenvalue weighted by Gasteiger charge is 2.14. The molecule has 1 fully saturated rings. The van der Waals surface area contributed by atoms with Gasteiger partial charge in [-0.2, -0.15) is 0 Å². The topological polar surface area (TPSA) is 86.3 Å². The molecule has 1 rings (SSSR count). The Morgan fingerprint density at radius 2 is 1.63 bits per heavy atom. The highest BCUT2D eigenvalue weighted by atomic mass is 16.6. The summed E-state index contributed by atoms with van der Waals surface area (Å²) in [6.45, 7) is 4.76. The van der Waals surface area contributed by atoms with E-state index in [0.29, 0.717) is 46.2 Å². The van der Waals surface area contributed by atoms with Gasteiger partial charge in [0.05, 0.1) is 58.8 Å². The Morgan fingerprint density at radius 1 is 1.00 bits per heavy atom. The molecular weight excluding hydrogens is 254 g/mol. The fraction of sp³-hybridized carbons (Fsp3) is 0.917. The monoisotopic (exact) mass is 277 g/mol. The largest absolute Gasteiger partial charge is 0.481 e. The van der Waals surface area contributed by atoms with Gasteiger partial charge in [-0.3, -0.25) is 4.79 Å². The van der Waals surface area contributed by atoms with Gasteiger partial charge in [-0.25, -0.2) is 0 Å². The zero-order valence-corrected chi connectivity index (χ0v) is 11.1. The van der Waals surface area contributed by atoms with Crippen LogP contribution in [0, 0.1) is 0 Å². The summed E-state index contributed by atoms with van der Waals surface area (Å²) in [5, 5.41) is 11.9. The van der Waals surface area contributed by atoms with Crippen LogP contribution in [0.3, 0.4) is 0 Å². The van der Waals surface area contributed by atoms with Crippen LogP contribution in [-0.2, 0) is 23.7 Å². The maximum absolute atomic E-state index is 10.7. The molecular formula is C12H23NO6. The van der Waals surface area contributed by atoms with E-state index in [0.717, 1.165) is 6.54 Å². The van der Waals surface area contributed by atoms with Crippen molar-refractivity contribution < 1.29 is 28.8 Å². The molecule has 1 atom stereocenters. The average Bonchev–Trinajstić information content (AvgIpc) is 2.38. The molecule has 0 radical (unpaired) electrons. The van der Waals surface area contributed by atoms with E-state index >= 15 is 0 Å². The standard InChI is InChI=1S/C12H23NO6/c14-12(15)9-11-10-18-8-7-17-6-5-16-3-1-13-2-4-19-11/h11,13H,1-10H2,(H,14,15). The molecule has 7 heteroatoms. The number of nitrogens with one attached hydrogen (secondary N) is 1. The lowest BCUT2D eigenvalue weighted by Crippen LogP contribution is -2.29. The number of ether oxygens (including phenoxy) is 4. The maximum Gasteiger partial charge on any atom is 0.306 e. The molecule has 1 unspecified atom stereocenters. The first-order valence-electron chi connectivity index (χ1n) is 6.56. The van der Waals surface area contributed by atoms with Crippen molar-refractivity contribution in [3.8, 4) is 0 Å². The summed E-state index contributed by atoms with van der Waals surface area (Å²) in [5.74, 6) is -0.885. The molecule has 0 aromatic heterocycles. The van der Waals surface area contributed by atoms with E-state index in [2.05, 4.69) is 5.32 Å². The number of carboxylic acids is 1. The number of carboxylic acid groups (broad SMARTS) is 1. The Morgan fingerprint density at radius 3 is 2.37 bits per heavy atom. The smallest absolute Gasteiger partial charge is 0.306 e. The van der Waals surface area contributed by atoms with Gasteiger partial charge in [0.25, 0.3) is 0 Å². The van der Waals surface area contributed by atoms with E-state index in [-0.39, 0.29) is 13.0 Å². The van der Waals surface area contributed by atoms with Crippen molar-refractivity contribution in [2.75, 3.05) is 59.3 Å². The summed E-state index contributed by atoms with van der Waals surface area (Å²) < 4.78 is 21.5. The highest BCUT2D eigenvalue weighted by molar-refractivity contribution is 5.67. The summed E-state index contributed by atoms with van der Waals surface area (Å²) in [4.78, 5) is 10.7. The molecule has 1 heterocycles. The molecule has 0 spiro atoms. The van der Waals surface area contributed by atoms with E-state index in [1.165, 1.54) is 0 Å². The van der Waals surface area contributed by atoms with E-state index in [1.807, 2.05) is 0 Å². The molecule has 0 aliphatic carbocycles. The van der Waals surface area contributed by atoms with Crippen molar-refractivity contribution in [1.82, 2.24) is 5.32 Å². The molecule has 1 saturated heterocycles. The van der Waals surface area contributed by atoms with Gasteiger partial charge >= 0.3 is 5.97 Å². The number of carbonyl (C=O) groups is 1. The van der Waals surface area contributed by atoms with Crippen molar-refractivity contribution in [3.63, 3.8) is 0 Å². The zero-order chi connectivity index (χ0) is 13.8. The van der Waals surface area contributed by atoms with Crippen LogP contribution >= 0.6 is 0 Å². The predicted molar refractivity (Wildman–Crippen MR) is 67.3 cm³/mol. The van der Waals surface area contributed by atoms with Crippen LogP contribution in [0.5, 0.6) is 0 Å². The quantitative estimate of drug-likeness (QED) is 0.703. The lowest BCUT2D eigenvalue weighted by atomic mass is 10.2. The number of aliphatic carboxylic acids is 1. The lowest BCUT2D eigenvalue weighted by Gasteiger charge is -2.16. The zero-order valence-electron chi connectivity index (χ0n) is 11.1. The van der Waals surface area contributed by atoms with Crippen LogP contribution in [0.1, 0.15) is 6.42 Å². The third-order valence-electron chi connectivity index (χ3n) is 2.51. The van der Waals surface area contributed by atoms with Crippen LogP contribution in [0.15, 0.2) is 0 Å². The summed E-state index contributed by atoms with van der Waals surface area (Å²) in [6, 6.07) is 0. The second kappa shape index (κ2) is 11.1. The maximum atomic E-state index is 10.7. The van der Waals surface area contributed by atoms with Gasteiger partial charge in [0, 0.05) is 13.1 Å². The Balaban J connectivity index is 2.27. The molecule has 0 aromatic rings. The van der Waals surface area contributed by atoms with Crippen molar-refractivity contribution in [1.29, 1.82) is 0 Å². The molecule has 112 valence electrons. The molecule has 2 N–H and O–H groups in total. The summed E-state index contributed by atoms with van der Waals surface area (Å²) >= 11 is 0.